The Labute approximate surface area is 80.9 Å². The average molecular weight is 184 g/mol. The quantitative estimate of drug-likeness (QED) is 0.483. The van der Waals surface area contributed by atoms with Crippen LogP contribution < -0.4 is 0 Å². The summed E-state index contributed by atoms with van der Waals surface area (Å²) >= 11 is 0. The molecule has 2 unspecified atom stereocenters. The predicted molar refractivity (Wildman–Crippen MR) is 53.5 cm³/mol. The first-order valence-electron chi connectivity index (χ1n) is 5.10. The van der Waals surface area contributed by atoms with E-state index in [-0.39, 0.29) is 0 Å². The molecule has 1 aliphatic heterocycles. The normalized spacial score (nSPS) is 26.4. The molecule has 0 amide bonds. The highest BCUT2D eigenvalue weighted by Crippen LogP contribution is 2.25. The van der Waals surface area contributed by atoms with E-state index in [1.165, 1.54) is 5.57 Å². The third-order valence-electron chi connectivity index (χ3n) is 2.38. The van der Waals surface area contributed by atoms with Crippen molar-refractivity contribution in [3.63, 3.8) is 0 Å². The third-order valence-corrected chi connectivity index (χ3v) is 2.38. The summed E-state index contributed by atoms with van der Waals surface area (Å²) in [7, 11) is 0. The molecule has 2 nitrogen and oxygen atoms in total. The standard InChI is InChI=1S/C11H20O2/c1-4-11-10(8-13-11)5-6-12-7-9(2)3/h7,10-11H,4-6,8H2,1-3H3. The van der Waals surface area contributed by atoms with Crippen molar-refractivity contribution in [2.24, 2.45) is 5.92 Å². The van der Waals surface area contributed by atoms with Crippen LogP contribution in [0, 0.1) is 5.92 Å². The molecule has 1 heterocycles. The number of rotatable bonds is 5. The molecule has 0 aliphatic carbocycles. The maximum absolute atomic E-state index is 5.40. The van der Waals surface area contributed by atoms with Crippen LogP contribution in [0.2, 0.25) is 0 Å². The Morgan fingerprint density at radius 3 is 2.77 bits per heavy atom. The molecule has 76 valence electrons. The molecule has 0 spiro atoms. The van der Waals surface area contributed by atoms with E-state index in [1.54, 1.807) is 0 Å². The zero-order valence-electron chi connectivity index (χ0n) is 8.88. The van der Waals surface area contributed by atoms with E-state index in [4.69, 9.17) is 9.47 Å². The third kappa shape index (κ3) is 3.39. The lowest BCUT2D eigenvalue weighted by Crippen LogP contribution is -2.39. The number of hydrogen-bond acceptors (Lipinski definition) is 2. The molecule has 2 atom stereocenters. The van der Waals surface area contributed by atoms with Crippen molar-refractivity contribution in [3.05, 3.63) is 11.8 Å². The minimum Gasteiger partial charge on any atom is -0.501 e. The van der Waals surface area contributed by atoms with Gasteiger partial charge < -0.3 is 9.47 Å². The molecule has 0 radical (unpaired) electrons. The van der Waals surface area contributed by atoms with Crippen LogP contribution in [-0.2, 0) is 9.47 Å². The van der Waals surface area contributed by atoms with Gasteiger partial charge in [0.05, 0.1) is 25.6 Å². The summed E-state index contributed by atoms with van der Waals surface area (Å²) in [5, 5.41) is 0. The molecule has 0 aromatic carbocycles. The van der Waals surface area contributed by atoms with Gasteiger partial charge in [0.1, 0.15) is 0 Å². The Balaban J connectivity index is 2.03. The van der Waals surface area contributed by atoms with Gasteiger partial charge >= 0.3 is 0 Å². The first kappa shape index (κ1) is 10.6. The molecule has 0 N–H and O–H groups in total. The fourth-order valence-electron chi connectivity index (χ4n) is 1.53. The van der Waals surface area contributed by atoms with Gasteiger partial charge in [-0.15, -0.1) is 0 Å². The fourth-order valence-corrected chi connectivity index (χ4v) is 1.53. The van der Waals surface area contributed by atoms with Crippen LogP contribution in [-0.4, -0.2) is 19.3 Å². The van der Waals surface area contributed by atoms with Gasteiger partial charge in [0.15, 0.2) is 0 Å². The van der Waals surface area contributed by atoms with Gasteiger partial charge in [0, 0.05) is 5.92 Å². The summed E-state index contributed by atoms with van der Waals surface area (Å²) in [4.78, 5) is 0. The largest absolute Gasteiger partial charge is 0.501 e. The Bertz CT molecular complexity index is 169. The van der Waals surface area contributed by atoms with E-state index < -0.39 is 0 Å². The van der Waals surface area contributed by atoms with E-state index in [1.807, 2.05) is 20.1 Å². The fraction of sp³-hybridized carbons (Fsp3) is 0.818. The summed E-state index contributed by atoms with van der Waals surface area (Å²) in [6.07, 6.45) is 4.59. The minimum absolute atomic E-state index is 0.496. The lowest BCUT2D eigenvalue weighted by Gasteiger charge is -2.36. The lowest BCUT2D eigenvalue weighted by molar-refractivity contribution is -0.122. The number of allylic oxidation sites excluding steroid dienone is 1. The van der Waals surface area contributed by atoms with Crippen molar-refractivity contribution < 1.29 is 9.47 Å². The molecule has 1 rings (SSSR count). The zero-order valence-corrected chi connectivity index (χ0v) is 8.88. The number of ether oxygens (including phenoxy) is 2. The molecular formula is C11H20O2. The van der Waals surface area contributed by atoms with Crippen LogP contribution in [0.3, 0.4) is 0 Å². The van der Waals surface area contributed by atoms with E-state index in [9.17, 15) is 0 Å². The van der Waals surface area contributed by atoms with Crippen molar-refractivity contribution in [2.75, 3.05) is 13.2 Å². The summed E-state index contributed by atoms with van der Waals surface area (Å²) in [5.74, 6) is 0.732. The van der Waals surface area contributed by atoms with Crippen molar-refractivity contribution >= 4 is 0 Å². The molecule has 13 heavy (non-hydrogen) atoms. The van der Waals surface area contributed by atoms with Crippen LogP contribution in [0.5, 0.6) is 0 Å². The van der Waals surface area contributed by atoms with E-state index >= 15 is 0 Å². The van der Waals surface area contributed by atoms with Gasteiger partial charge in [0.25, 0.3) is 0 Å². The second kappa shape index (κ2) is 5.28. The van der Waals surface area contributed by atoms with Gasteiger partial charge in [-0.25, -0.2) is 0 Å². The van der Waals surface area contributed by atoms with E-state index in [0.29, 0.717) is 6.10 Å². The highest BCUT2D eigenvalue weighted by molar-refractivity contribution is 4.86. The van der Waals surface area contributed by atoms with Crippen molar-refractivity contribution in [3.8, 4) is 0 Å². The van der Waals surface area contributed by atoms with Crippen LogP contribution in [0.4, 0.5) is 0 Å². The predicted octanol–water partition coefficient (Wildman–Crippen LogP) is 2.74. The molecule has 1 saturated heterocycles. The number of hydrogen-bond donors (Lipinski definition) is 0. The van der Waals surface area contributed by atoms with Gasteiger partial charge in [-0.1, -0.05) is 6.92 Å². The first-order valence-corrected chi connectivity index (χ1v) is 5.10. The van der Waals surface area contributed by atoms with E-state index in [0.717, 1.165) is 32.0 Å². The van der Waals surface area contributed by atoms with Crippen LogP contribution in [0.25, 0.3) is 0 Å². The summed E-state index contributed by atoms with van der Waals surface area (Å²) in [6.45, 7) is 8.02. The molecule has 0 aromatic heterocycles. The first-order chi connectivity index (χ1) is 6.24. The minimum atomic E-state index is 0.496. The summed E-state index contributed by atoms with van der Waals surface area (Å²) in [5.41, 5.74) is 1.22. The second-order valence-electron chi connectivity index (χ2n) is 3.89. The Kier molecular flexibility index (Phi) is 4.29. The molecule has 1 aliphatic rings. The van der Waals surface area contributed by atoms with Gasteiger partial charge in [-0.2, -0.15) is 0 Å². The molecule has 0 aromatic rings. The van der Waals surface area contributed by atoms with Crippen molar-refractivity contribution in [2.45, 2.75) is 39.7 Å². The Morgan fingerprint density at radius 2 is 2.31 bits per heavy atom. The van der Waals surface area contributed by atoms with E-state index in [2.05, 4.69) is 6.92 Å². The molecule has 0 bridgehead atoms. The van der Waals surface area contributed by atoms with Gasteiger partial charge in [0.2, 0.25) is 0 Å². The van der Waals surface area contributed by atoms with Crippen LogP contribution in [0.1, 0.15) is 33.6 Å². The molecular weight excluding hydrogens is 164 g/mol. The lowest BCUT2D eigenvalue weighted by atomic mass is 9.93. The molecule has 0 saturated carbocycles. The Hall–Kier alpha value is -0.500. The maximum Gasteiger partial charge on any atom is 0.0877 e. The highest BCUT2D eigenvalue weighted by atomic mass is 16.5. The monoisotopic (exact) mass is 184 g/mol. The smallest absolute Gasteiger partial charge is 0.0877 e. The van der Waals surface area contributed by atoms with Gasteiger partial charge in [-0.3, -0.25) is 0 Å². The van der Waals surface area contributed by atoms with Crippen molar-refractivity contribution in [1.29, 1.82) is 0 Å². The average Bonchev–Trinajstić information content (AvgIpc) is 2.02. The highest BCUT2D eigenvalue weighted by Gasteiger charge is 2.29. The topological polar surface area (TPSA) is 18.5 Å². The Morgan fingerprint density at radius 1 is 1.54 bits per heavy atom. The maximum atomic E-state index is 5.40. The second-order valence-corrected chi connectivity index (χ2v) is 3.89. The van der Waals surface area contributed by atoms with Gasteiger partial charge in [-0.05, 0) is 32.3 Å². The van der Waals surface area contributed by atoms with Crippen molar-refractivity contribution in [1.82, 2.24) is 0 Å². The zero-order chi connectivity index (χ0) is 9.68. The molecule has 1 fully saturated rings. The van der Waals surface area contributed by atoms with Crippen LogP contribution in [0.15, 0.2) is 11.8 Å². The molecule has 2 heteroatoms. The van der Waals surface area contributed by atoms with Crippen LogP contribution >= 0.6 is 0 Å². The SMILES string of the molecule is CCC1OCC1CCOC=C(C)C. The summed E-state index contributed by atoms with van der Waals surface area (Å²) in [6, 6.07) is 0. The summed E-state index contributed by atoms with van der Waals surface area (Å²) < 4.78 is 10.8.